The minimum Gasteiger partial charge on any atom is -0.415 e. The van der Waals surface area contributed by atoms with Crippen molar-refractivity contribution >= 4 is 11.9 Å². The van der Waals surface area contributed by atoms with E-state index in [0.29, 0.717) is 32.4 Å². The molecular formula is C15H19NO5. The first-order valence-corrected chi connectivity index (χ1v) is 6.97. The number of unbranched alkanes of at least 4 members (excludes halogenated alkanes) is 1. The van der Waals surface area contributed by atoms with E-state index in [1.54, 1.807) is 18.2 Å². The molecule has 0 bridgehead atoms. The normalized spacial score (nSPS) is 24.1. The summed E-state index contributed by atoms with van der Waals surface area (Å²) >= 11 is 0. The Morgan fingerprint density at radius 3 is 2.76 bits per heavy atom. The van der Waals surface area contributed by atoms with E-state index in [1.165, 1.54) is 0 Å². The van der Waals surface area contributed by atoms with Crippen LogP contribution in [0.15, 0.2) is 36.5 Å². The molecule has 1 spiro atoms. The average molecular weight is 293 g/mol. The largest absolute Gasteiger partial charge is 0.415 e. The molecule has 0 aromatic heterocycles. The van der Waals surface area contributed by atoms with E-state index in [4.69, 9.17) is 14.3 Å². The zero-order valence-electron chi connectivity index (χ0n) is 11.8. The molecule has 1 aliphatic carbocycles. The number of hydrogen-bond acceptors (Lipinski definition) is 6. The average Bonchev–Trinajstić information content (AvgIpc) is 2.88. The molecule has 1 aliphatic heterocycles. The molecule has 0 saturated carbocycles. The Balaban J connectivity index is 1.79. The minimum atomic E-state index is -1.18. The van der Waals surface area contributed by atoms with Crippen LogP contribution in [-0.4, -0.2) is 30.9 Å². The summed E-state index contributed by atoms with van der Waals surface area (Å²) in [5.74, 6) is -2.41. The summed E-state index contributed by atoms with van der Waals surface area (Å²) in [7, 11) is 0. The summed E-state index contributed by atoms with van der Waals surface area (Å²) in [6, 6.07) is 0. The number of carbonyl (C=O) groups is 2. The molecule has 6 nitrogen and oxygen atoms in total. The summed E-state index contributed by atoms with van der Waals surface area (Å²) in [6.45, 7) is 4.55. The fourth-order valence-electron chi connectivity index (χ4n) is 2.11. The highest BCUT2D eigenvalue weighted by atomic mass is 16.7. The maximum atomic E-state index is 11.9. The van der Waals surface area contributed by atoms with Crippen LogP contribution in [0.5, 0.6) is 0 Å². The van der Waals surface area contributed by atoms with Crippen LogP contribution in [0.3, 0.4) is 0 Å². The van der Waals surface area contributed by atoms with Crippen molar-refractivity contribution in [2.45, 2.75) is 31.5 Å². The van der Waals surface area contributed by atoms with Crippen LogP contribution in [0, 0.1) is 0 Å². The van der Waals surface area contributed by atoms with Crippen molar-refractivity contribution in [1.29, 1.82) is 0 Å². The molecule has 6 heteroatoms. The van der Waals surface area contributed by atoms with E-state index in [9.17, 15) is 9.59 Å². The maximum absolute atomic E-state index is 11.9. The predicted molar refractivity (Wildman–Crippen MR) is 74.8 cm³/mol. The molecule has 0 aromatic carbocycles. The van der Waals surface area contributed by atoms with E-state index < -0.39 is 17.7 Å². The van der Waals surface area contributed by atoms with Gasteiger partial charge in [0.15, 0.2) is 0 Å². The summed E-state index contributed by atoms with van der Waals surface area (Å²) < 4.78 is 10.5. The Morgan fingerprint density at radius 2 is 2.14 bits per heavy atom. The number of carbonyl (C=O) groups excluding carboxylic acids is 2. The predicted octanol–water partition coefficient (Wildman–Crippen LogP) is 1.55. The second-order valence-corrected chi connectivity index (χ2v) is 4.79. The Kier molecular flexibility index (Phi) is 5.30. The number of esters is 2. The van der Waals surface area contributed by atoms with Gasteiger partial charge in [0.1, 0.15) is 5.57 Å². The molecule has 1 saturated heterocycles. The fraction of sp³-hybridized carbons (Fsp3) is 0.467. The molecular weight excluding hydrogens is 274 g/mol. The summed E-state index contributed by atoms with van der Waals surface area (Å²) in [5, 5.41) is 0. The topological polar surface area (TPSA) is 73.9 Å². The van der Waals surface area contributed by atoms with Crippen molar-refractivity contribution in [2.24, 2.45) is 0 Å². The fourth-order valence-corrected chi connectivity index (χ4v) is 2.11. The Hall–Kier alpha value is -1.92. The van der Waals surface area contributed by atoms with Crippen molar-refractivity contribution < 1.29 is 23.9 Å². The number of allylic oxidation sites excluding steroid dienone is 2. The Bertz CT molecular complexity index is 460. The van der Waals surface area contributed by atoms with E-state index in [0.717, 1.165) is 6.42 Å². The first-order chi connectivity index (χ1) is 10.2. The standard InChI is InChI=1S/C15H19NO5/c1-2-11-19-16-10-6-3-7-12-13(17)20-15(21-14(12)18)8-4-5-9-15/h2,4,7-8,16H,1,3,5-6,9-11H2. The van der Waals surface area contributed by atoms with Gasteiger partial charge in [-0.3, -0.25) is 4.84 Å². The van der Waals surface area contributed by atoms with Crippen molar-refractivity contribution in [2.75, 3.05) is 13.2 Å². The van der Waals surface area contributed by atoms with E-state index in [2.05, 4.69) is 12.1 Å². The van der Waals surface area contributed by atoms with Gasteiger partial charge in [-0.15, -0.1) is 6.58 Å². The first kappa shape index (κ1) is 15.5. The third kappa shape index (κ3) is 4.03. The molecule has 0 amide bonds. The molecule has 1 heterocycles. The van der Waals surface area contributed by atoms with E-state index >= 15 is 0 Å². The van der Waals surface area contributed by atoms with Crippen molar-refractivity contribution in [1.82, 2.24) is 5.48 Å². The van der Waals surface area contributed by atoms with Gasteiger partial charge < -0.3 is 9.47 Å². The molecule has 2 aliphatic rings. The summed E-state index contributed by atoms with van der Waals surface area (Å²) in [6.07, 6.45) is 9.13. The highest BCUT2D eigenvalue weighted by Gasteiger charge is 2.45. The van der Waals surface area contributed by atoms with Crippen LogP contribution in [0.1, 0.15) is 25.7 Å². The van der Waals surface area contributed by atoms with Crippen LogP contribution in [-0.2, 0) is 23.9 Å². The van der Waals surface area contributed by atoms with Gasteiger partial charge in [-0.25, -0.2) is 15.1 Å². The van der Waals surface area contributed by atoms with Gasteiger partial charge in [0, 0.05) is 13.0 Å². The zero-order valence-corrected chi connectivity index (χ0v) is 11.8. The molecule has 0 unspecified atom stereocenters. The lowest BCUT2D eigenvalue weighted by Gasteiger charge is -2.31. The lowest BCUT2D eigenvalue weighted by atomic mass is 10.1. The van der Waals surface area contributed by atoms with Gasteiger partial charge in [-0.2, -0.15) is 0 Å². The van der Waals surface area contributed by atoms with Gasteiger partial charge in [-0.05, 0) is 25.3 Å². The monoisotopic (exact) mass is 293 g/mol. The van der Waals surface area contributed by atoms with Gasteiger partial charge in [0.2, 0.25) is 0 Å². The van der Waals surface area contributed by atoms with E-state index in [1.807, 2.05) is 6.08 Å². The molecule has 1 N–H and O–H groups in total. The smallest absolute Gasteiger partial charge is 0.348 e. The third-order valence-corrected chi connectivity index (χ3v) is 3.14. The van der Waals surface area contributed by atoms with Gasteiger partial charge >= 0.3 is 11.9 Å². The molecule has 1 fully saturated rings. The van der Waals surface area contributed by atoms with Crippen LogP contribution in [0.2, 0.25) is 0 Å². The molecule has 0 radical (unpaired) electrons. The highest BCUT2D eigenvalue weighted by molar-refractivity contribution is 6.15. The number of hydroxylamine groups is 1. The number of hydrogen-bond donors (Lipinski definition) is 1. The third-order valence-electron chi connectivity index (χ3n) is 3.14. The summed E-state index contributed by atoms with van der Waals surface area (Å²) in [5.41, 5.74) is 2.71. The van der Waals surface area contributed by atoms with E-state index in [-0.39, 0.29) is 5.57 Å². The van der Waals surface area contributed by atoms with Crippen LogP contribution in [0.25, 0.3) is 0 Å². The zero-order chi connectivity index (χ0) is 15.1. The number of nitrogens with one attached hydrogen (secondary N) is 1. The van der Waals surface area contributed by atoms with Crippen LogP contribution < -0.4 is 5.48 Å². The van der Waals surface area contributed by atoms with Crippen molar-refractivity contribution in [3.8, 4) is 0 Å². The lowest BCUT2D eigenvalue weighted by molar-refractivity contribution is -0.217. The first-order valence-electron chi connectivity index (χ1n) is 6.97. The molecule has 114 valence electrons. The molecule has 21 heavy (non-hydrogen) atoms. The van der Waals surface area contributed by atoms with Crippen LogP contribution in [0.4, 0.5) is 0 Å². The van der Waals surface area contributed by atoms with Crippen LogP contribution >= 0.6 is 0 Å². The number of ether oxygens (including phenoxy) is 2. The summed E-state index contributed by atoms with van der Waals surface area (Å²) in [4.78, 5) is 28.8. The molecule has 0 atom stereocenters. The minimum absolute atomic E-state index is 0.0343. The second kappa shape index (κ2) is 7.19. The quantitative estimate of drug-likeness (QED) is 0.192. The molecule has 2 rings (SSSR count). The highest BCUT2D eigenvalue weighted by Crippen LogP contribution is 2.33. The number of rotatable bonds is 7. The van der Waals surface area contributed by atoms with Gasteiger partial charge in [0.25, 0.3) is 5.79 Å². The van der Waals surface area contributed by atoms with Gasteiger partial charge in [-0.1, -0.05) is 18.2 Å². The second-order valence-electron chi connectivity index (χ2n) is 4.79. The maximum Gasteiger partial charge on any atom is 0.348 e. The Labute approximate surface area is 123 Å². The van der Waals surface area contributed by atoms with Gasteiger partial charge in [0.05, 0.1) is 6.61 Å². The lowest BCUT2D eigenvalue weighted by Crippen LogP contribution is -2.43. The van der Waals surface area contributed by atoms with Crippen molar-refractivity contribution in [3.05, 3.63) is 36.5 Å². The Morgan fingerprint density at radius 1 is 1.38 bits per heavy atom. The molecule has 0 aromatic rings. The van der Waals surface area contributed by atoms with Crippen molar-refractivity contribution in [3.63, 3.8) is 0 Å². The SMILES string of the molecule is C=CCONCCCC=C1C(=O)OC2(C=CCC2)OC1=O.